The third-order valence-electron chi connectivity index (χ3n) is 3.00. The van der Waals surface area contributed by atoms with Crippen molar-refractivity contribution in [2.45, 2.75) is 0 Å². The number of methoxy groups -OCH3 is 1. The van der Waals surface area contributed by atoms with Crippen LogP contribution in [0.1, 0.15) is 0 Å². The van der Waals surface area contributed by atoms with Crippen molar-refractivity contribution in [1.82, 2.24) is 10.1 Å². The maximum absolute atomic E-state index is 5.90. The van der Waals surface area contributed by atoms with Crippen LogP contribution in [0.5, 0.6) is 5.75 Å². The van der Waals surface area contributed by atoms with Crippen molar-refractivity contribution in [3.63, 3.8) is 0 Å². The van der Waals surface area contributed by atoms with E-state index < -0.39 is 0 Å². The predicted molar refractivity (Wildman–Crippen MR) is 81.1 cm³/mol. The number of hydrogen-bond acceptors (Lipinski definition) is 5. The quantitative estimate of drug-likeness (QED) is 0.747. The van der Waals surface area contributed by atoms with Gasteiger partial charge in [-0.15, -0.1) is 0 Å². The second kappa shape index (κ2) is 5.46. The molecule has 0 saturated carbocycles. The van der Waals surface area contributed by atoms with E-state index in [2.05, 4.69) is 10.1 Å². The molecule has 0 aliphatic carbocycles. The summed E-state index contributed by atoms with van der Waals surface area (Å²) >= 11 is 5.90. The summed E-state index contributed by atoms with van der Waals surface area (Å²) in [6, 6.07) is 12.6. The number of ether oxygens (including phenoxy) is 1. The van der Waals surface area contributed by atoms with Crippen molar-refractivity contribution in [1.29, 1.82) is 0 Å². The van der Waals surface area contributed by atoms with Crippen LogP contribution >= 0.6 is 11.6 Å². The van der Waals surface area contributed by atoms with Crippen LogP contribution in [-0.2, 0) is 0 Å². The zero-order chi connectivity index (χ0) is 14.8. The molecule has 0 spiro atoms. The molecule has 0 atom stereocenters. The van der Waals surface area contributed by atoms with Crippen LogP contribution in [0.15, 0.2) is 47.0 Å². The molecule has 1 aromatic heterocycles. The fourth-order valence-corrected chi connectivity index (χ4v) is 2.01. The Kier molecular flexibility index (Phi) is 3.50. The highest BCUT2D eigenvalue weighted by Crippen LogP contribution is 2.28. The van der Waals surface area contributed by atoms with Gasteiger partial charge in [0.15, 0.2) is 0 Å². The smallest absolute Gasteiger partial charge is 0.258 e. The van der Waals surface area contributed by atoms with Gasteiger partial charge in [0, 0.05) is 11.1 Å². The normalized spacial score (nSPS) is 10.6. The first kappa shape index (κ1) is 13.5. The third-order valence-corrected chi connectivity index (χ3v) is 3.34. The Hall–Kier alpha value is -2.53. The lowest BCUT2D eigenvalue weighted by atomic mass is 10.2. The van der Waals surface area contributed by atoms with Gasteiger partial charge in [0.05, 0.1) is 17.8 Å². The van der Waals surface area contributed by atoms with Gasteiger partial charge in [-0.25, -0.2) is 0 Å². The lowest BCUT2D eigenvalue weighted by Gasteiger charge is -2.00. The van der Waals surface area contributed by atoms with Gasteiger partial charge in [0.1, 0.15) is 5.75 Å². The standard InChI is InChI=1S/C15H12ClN3O2/c1-20-11-4-2-3-9(7-11)14-18-15(21-19-14)10-5-6-12(16)13(17)8-10/h2-8H,17H2,1H3. The van der Waals surface area contributed by atoms with Crippen LogP contribution in [0.4, 0.5) is 5.69 Å². The minimum absolute atomic E-state index is 0.385. The van der Waals surface area contributed by atoms with E-state index in [1.807, 2.05) is 24.3 Å². The summed E-state index contributed by atoms with van der Waals surface area (Å²) in [6.45, 7) is 0. The second-order valence-corrected chi connectivity index (χ2v) is 4.80. The van der Waals surface area contributed by atoms with Gasteiger partial charge in [0.2, 0.25) is 5.82 Å². The summed E-state index contributed by atoms with van der Waals surface area (Å²) < 4.78 is 10.5. The topological polar surface area (TPSA) is 74.2 Å². The van der Waals surface area contributed by atoms with Crippen molar-refractivity contribution in [2.75, 3.05) is 12.8 Å². The molecule has 0 amide bonds. The highest BCUT2D eigenvalue weighted by molar-refractivity contribution is 6.33. The summed E-state index contributed by atoms with van der Waals surface area (Å²) in [6.07, 6.45) is 0. The molecular weight excluding hydrogens is 290 g/mol. The van der Waals surface area contributed by atoms with Crippen molar-refractivity contribution in [3.05, 3.63) is 47.5 Å². The van der Waals surface area contributed by atoms with E-state index in [1.165, 1.54) is 0 Å². The second-order valence-electron chi connectivity index (χ2n) is 4.39. The fraction of sp³-hybridized carbons (Fsp3) is 0.0667. The molecule has 3 aromatic rings. The molecule has 0 unspecified atom stereocenters. The third kappa shape index (κ3) is 2.68. The van der Waals surface area contributed by atoms with Crippen LogP contribution in [0.25, 0.3) is 22.8 Å². The van der Waals surface area contributed by atoms with Gasteiger partial charge in [0.25, 0.3) is 5.89 Å². The minimum Gasteiger partial charge on any atom is -0.497 e. The molecular formula is C15H12ClN3O2. The number of nitrogens with two attached hydrogens (primary N) is 1. The van der Waals surface area contributed by atoms with Crippen LogP contribution in [0, 0.1) is 0 Å². The van der Waals surface area contributed by atoms with E-state index in [0.29, 0.717) is 22.4 Å². The first-order valence-electron chi connectivity index (χ1n) is 6.21. The number of nitrogen functional groups attached to an aromatic ring is 1. The molecule has 2 aromatic carbocycles. The molecule has 6 heteroatoms. The molecule has 21 heavy (non-hydrogen) atoms. The molecule has 0 bridgehead atoms. The van der Waals surface area contributed by atoms with E-state index in [0.717, 1.165) is 16.9 Å². The van der Waals surface area contributed by atoms with Gasteiger partial charge in [-0.05, 0) is 30.3 Å². The molecule has 0 radical (unpaired) electrons. The highest BCUT2D eigenvalue weighted by atomic mass is 35.5. The molecule has 0 aliphatic heterocycles. The number of anilines is 1. The average Bonchev–Trinajstić information content (AvgIpc) is 3.00. The molecule has 1 heterocycles. The SMILES string of the molecule is COc1cccc(-c2noc(-c3ccc(Cl)c(N)c3)n2)c1. The Morgan fingerprint density at radius 1 is 1.14 bits per heavy atom. The van der Waals surface area contributed by atoms with Crippen molar-refractivity contribution in [3.8, 4) is 28.6 Å². The largest absolute Gasteiger partial charge is 0.497 e. The average molecular weight is 302 g/mol. The Morgan fingerprint density at radius 3 is 2.76 bits per heavy atom. The van der Waals surface area contributed by atoms with Crippen molar-refractivity contribution in [2.24, 2.45) is 0 Å². The van der Waals surface area contributed by atoms with E-state index >= 15 is 0 Å². The molecule has 0 fully saturated rings. The first-order chi connectivity index (χ1) is 10.2. The minimum atomic E-state index is 0.385. The fourth-order valence-electron chi connectivity index (χ4n) is 1.90. The molecule has 5 nitrogen and oxygen atoms in total. The number of hydrogen-bond donors (Lipinski definition) is 1. The Labute approximate surface area is 126 Å². The number of benzene rings is 2. The summed E-state index contributed by atoms with van der Waals surface area (Å²) in [5.74, 6) is 1.60. The maximum Gasteiger partial charge on any atom is 0.258 e. The first-order valence-corrected chi connectivity index (χ1v) is 6.58. The van der Waals surface area contributed by atoms with Crippen LogP contribution in [-0.4, -0.2) is 17.3 Å². The van der Waals surface area contributed by atoms with Crippen molar-refractivity contribution < 1.29 is 9.26 Å². The van der Waals surface area contributed by atoms with Crippen LogP contribution < -0.4 is 10.5 Å². The molecule has 0 saturated heterocycles. The van der Waals surface area contributed by atoms with E-state index in [-0.39, 0.29) is 0 Å². The zero-order valence-corrected chi connectivity index (χ0v) is 12.0. The van der Waals surface area contributed by atoms with Gasteiger partial charge >= 0.3 is 0 Å². The number of nitrogens with zero attached hydrogens (tertiary/aromatic N) is 2. The Bertz CT molecular complexity index is 786. The van der Waals surface area contributed by atoms with Crippen molar-refractivity contribution >= 4 is 17.3 Å². The lowest BCUT2D eigenvalue weighted by molar-refractivity contribution is 0.414. The summed E-state index contributed by atoms with van der Waals surface area (Å²) in [7, 11) is 1.61. The summed E-state index contributed by atoms with van der Waals surface area (Å²) in [5, 5.41) is 4.47. The Morgan fingerprint density at radius 2 is 2.00 bits per heavy atom. The Balaban J connectivity index is 1.97. The summed E-state index contributed by atoms with van der Waals surface area (Å²) in [5.41, 5.74) is 7.78. The predicted octanol–water partition coefficient (Wildman–Crippen LogP) is 3.65. The lowest BCUT2D eigenvalue weighted by Crippen LogP contribution is -1.88. The highest BCUT2D eigenvalue weighted by Gasteiger charge is 2.12. The zero-order valence-electron chi connectivity index (χ0n) is 11.2. The van der Waals surface area contributed by atoms with Crippen LogP contribution in [0.2, 0.25) is 5.02 Å². The molecule has 2 N–H and O–H groups in total. The number of halogens is 1. The molecule has 3 rings (SSSR count). The van der Waals surface area contributed by atoms with E-state index in [4.69, 9.17) is 26.6 Å². The number of rotatable bonds is 3. The maximum atomic E-state index is 5.90. The van der Waals surface area contributed by atoms with Gasteiger partial charge in [-0.3, -0.25) is 0 Å². The van der Waals surface area contributed by atoms with Gasteiger partial charge in [-0.2, -0.15) is 4.98 Å². The summed E-state index contributed by atoms with van der Waals surface area (Å²) in [4.78, 5) is 4.36. The van der Waals surface area contributed by atoms with Gasteiger partial charge < -0.3 is 15.0 Å². The van der Waals surface area contributed by atoms with E-state index in [9.17, 15) is 0 Å². The molecule has 0 aliphatic rings. The van der Waals surface area contributed by atoms with Gasteiger partial charge in [-0.1, -0.05) is 28.9 Å². The van der Waals surface area contributed by atoms with Crippen LogP contribution in [0.3, 0.4) is 0 Å². The van der Waals surface area contributed by atoms with E-state index in [1.54, 1.807) is 25.3 Å². The molecule has 106 valence electrons. The number of aromatic nitrogens is 2. The monoisotopic (exact) mass is 301 g/mol.